The number of ether oxygens (including phenoxy) is 1. The molecule has 0 spiro atoms. The van der Waals surface area contributed by atoms with E-state index in [1.165, 1.54) is 12.1 Å². The molecule has 1 aliphatic carbocycles. The van der Waals surface area contributed by atoms with E-state index in [4.69, 9.17) is 4.74 Å². The molecule has 0 aromatic heterocycles. The zero-order valence-electron chi connectivity index (χ0n) is 13.5. The van der Waals surface area contributed by atoms with Crippen LogP contribution in [0.25, 0.3) is 0 Å². The average molecular weight is 335 g/mol. The molecule has 1 aliphatic rings. The Hall–Kier alpha value is -2.21. The number of carbonyl (C=O) groups is 2. The standard InChI is InChI=1S/C18H22FNO4/c1-2-11-24-12-15(16(21)22)20-17(23)18(9-5-6-10-18)13-7-3-4-8-14(13)19/h2-4,7-8,15H,1,5-6,9-12H2,(H,20,23)(H,21,22). The minimum absolute atomic E-state index is 0.166. The van der Waals surface area contributed by atoms with Crippen molar-refractivity contribution in [2.75, 3.05) is 13.2 Å². The second-order valence-corrected chi connectivity index (χ2v) is 5.96. The molecule has 0 heterocycles. The lowest BCUT2D eigenvalue weighted by Gasteiger charge is -2.30. The Morgan fingerprint density at radius 3 is 2.62 bits per heavy atom. The summed E-state index contributed by atoms with van der Waals surface area (Å²) < 4.78 is 19.4. The van der Waals surface area contributed by atoms with Gasteiger partial charge in [-0.1, -0.05) is 37.1 Å². The Balaban J connectivity index is 2.21. The van der Waals surface area contributed by atoms with Crippen molar-refractivity contribution < 1.29 is 23.8 Å². The van der Waals surface area contributed by atoms with Gasteiger partial charge in [0.2, 0.25) is 5.91 Å². The molecule has 1 saturated carbocycles. The van der Waals surface area contributed by atoms with E-state index in [0.29, 0.717) is 18.4 Å². The van der Waals surface area contributed by atoms with Crippen LogP contribution >= 0.6 is 0 Å². The summed E-state index contributed by atoms with van der Waals surface area (Å²) in [5, 5.41) is 11.8. The molecule has 0 radical (unpaired) electrons. The molecular weight excluding hydrogens is 313 g/mol. The zero-order chi connectivity index (χ0) is 17.6. The number of benzene rings is 1. The number of carbonyl (C=O) groups excluding carboxylic acids is 1. The summed E-state index contributed by atoms with van der Waals surface area (Å²) in [4.78, 5) is 24.2. The van der Waals surface area contributed by atoms with Gasteiger partial charge < -0.3 is 15.2 Å². The van der Waals surface area contributed by atoms with Gasteiger partial charge in [-0.3, -0.25) is 4.79 Å². The maximum Gasteiger partial charge on any atom is 0.328 e. The molecule has 5 nitrogen and oxygen atoms in total. The second kappa shape index (κ2) is 8.06. The first-order chi connectivity index (χ1) is 11.5. The summed E-state index contributed by atoms with van der Waals surface area (Å²) in [5.74, 6) is -2.09. The van der Waals surface area contributed by atoms with Gasteiger partial charge in [0.1, 0.15) is 5.82 Å². The van der Waals surface area contributed by atoms with E-state index >= 15 is 0 Å². The first-order valence-corrected chi connectivity index (χ1v) is 7.98. The molecule has 0 saturated heterocycles. The molecule has 1 aromatic rings. The van der Waals surface area contributed by atoms with Crippen LogP contribution in [0.1, 0.15) is 31.2 Å². The zero-order valence-corrected chi connectivity index (χ0v) is 13.5. The predicted octanol–water partition coefficient (Wildman–Crippen LogP) is 2.41. The van der Waals surface area contributed by atoms with Gasteiger partial charge in [-0.05, 0) is 18.9 Å². The molecule has 6 heteroatoms. The van der Waals surface area contributed by atoms with Crippen molar-refractivity contribution in [2.24, 2.45) is 0 Å². The largest absolute Gasteiger partial charge is 0.480 e. The molecule has 24 heavy (non-hydrogen) atoms. The number of hydrogen-bond donors (Lipinski definition) is 2. The van der Waals surface area contributed by atoms with Crippen LogP contribution < -0.4 is 5.32 Å². The molecule has 1 aromatic carbocycles. The van der Waals surface area contributed by atoms with Crippen molar-refractivity contribution in [1.82, 2.24) is 5.32 Å². The number of amides is 1. The van der Waals surface area contributed by atoms with Gasteiger partial charge in [0.15, 0.2) is 6.04 Å². The van der Waals surface area contributed by atoms with Gasteiger partial charge >= 0.3 is 5.97 Å². The van der Waals surface area contributed by atoms with Crippen molar-refractivity contribution in [3.8, 4) is 0 Å². The molecule has 1 fully saturated rings. The van der Waals surface area contributed by atoms with E-state index in [1.807, 2.05) is 0 Å². The summed E-state index contributed by atoms with van der Waals surface area (Å²) in [6.07, 6.45) is 4.09. The Bertz CT molecular complexity index is 611. The van der Waals surface area contributed by atoms with E-state index in [-0.39, 0.29) is 13.2 Å². The van der Waals surface area contributed by atoms with Crippen molar-refractivity contribution in [3.63, 3.8) is 0 Å². The van der Waals surface area contributed by atoms with Crippen molar-refractivity contribution in [3.05, 3.63) is 48.3 Å². The highest BCUT2D eigenvalue weighted by atomic mass is 19.1. The van der Waals surface area contributed by atoms with Crippen LogP contribution in [0.4, 0.5) is 4.39 Å². The van der Waals surface area contributed by atoms with Crippen LogP contribution in [0.15, 0.2) is 36.9 Å². The molecular formula is C18H22FNO4. The second-order valence-electron chi connectivity index (χ2n) is 5.96. The molecule has 1 amide bonds. The van der Waals surface area contributed by atoms with Gasteiger partial charge in [-0.15, -0.1) is 6.58 Å². The minimum Gasteiger partial charge on any atom is -0.480 e. The number of halogens is 1. The third kappa shape index (κ3) is 3.82. The Labute approximate surface area is 140 Å². The van der Waals surface area contributed by atoms with Gasteiger partial charge in [-0.2, -0.15) is 0 Å². The summed E-state index contributed by atoms with van der Waals surface area (Å²) >= 11 is 0. The number of hydrogen-bond acceptors (Lipinski definition) is 3. The Morgan fingerprint density at radius 1 is 1.38 bits per heavy atom. The fourth-order valence-electron chi connectivity index (χ4n) is 3.19. The van der Waals surface area contributed by atoms with Crippen molar-refractivity contribution >= 4 is 11.9 Å². The van der Waals surface area contributed by atoms with E-state index < -0.39 is 29.2 Å². The Kier molecular flexibility index (Phi) is 6.09. The quantitative estimate of drug-likeness (QED) is 0.565. The third-order valence-electron chi connectivity index (χ3n) is 4.40. The van der Waals surface area contributed by atoms with Crippen LogP contribution in [0, 0.1) is 5.82 Å². The van der Waals surface area contributed by atoms with Gasteiger partial charge in [0.25, 0.3) is 0 Å². The van der Waals surface area contributed by atoms with Crippen LogP contribution in [-0.4, -0.2) is 36.2 Å². The highest BCUT2D eigenvalue weighted by Crippen LogP contribution is 2.42. The van der Waals surface area contributed by atoms with E-state index in [1.54, 1.807) is 18.2 Å². The fraction of sp³-hybridized carbons (Fsp3) is 0.444. The number of rotatable bonds is 8. The fourth-order valence-corrected chi connectivity index (χ4v) is 3.19. The summed E-state index contributed by atoms with van der Waals surface area (Å²) in [6, 6.07) is 5.01. The molecule has 1 atom stereocenters. The van der Waals surface area contributed by atoms with E-state index in [9.17, 15) is 19.1 Å². The number of aliphatic carboxylic acids is 1. The van der Waals surface area contributed by atoms with Gasteiger partial charge in [0.05, 0.1) is 18.6 Å². The molecule has 2 N–H and O–H groups in total. The van der Waals surface area contributed by atoms with Gasteiger partial charge in [0, 0.05) is 5.56 Å². The summed E-state index contributed by atoms with van der Waals surface area (Å²) in [6.45, 7) is 3.51. The van der Waals surface area contributed by atoms with Crippen LogP contribution in [-0.2, 0) is 19.7 Å². The number of nitrogens with one attached hydrogen (secondary N) is 1. The topological polar surface area (TPSA) is 75.6 Å². The smallest absolute Gasteiger partial charge is 0.328 e. The maximum atomic E-state index is 14.3. The normalized spacial score (nSPS) is 17.2. The SMILES string of the molecule is C=CCOCC(NC(=O)C1(c2ccccc2F)CCCC1)C(=O)O. The van der Waals surface area contributed by atoms with Crippen LogP contribution in [0.5, 0.6) is 0 Å². The molecule has 1 unspecified atom stereocenters. The highest BCUT2D eigenvalue weighted by Gasteiger charge is 2.45. The molecule has 0 bridgehead atoms. The number of carboxylic acids is 1. The van der Waals surface area contributed by atoms with Crippen LogP contribution in [0.2, 0.25) is 0 Å². The van der Waals surface area contributed by atoms with Crippen molar-refractivity contribution in [1.29, 1.82) is 0 Å². The first kappa shape index (κ1) is 18.1. The maximum absolute atomic E-state index is 14.3. The first-order valence-electron chi connectivity index (χ1n) is 7.98. The minimum atomic E-state index is -1.19. The highest BCUT2D eigenvalue weighted by molar-refractivity contribution is 5.92. The lowest BCUT2D eigenvalue weighted by molar-refractivity contribution is -0.144. The summed E-state index contributed by atoms with van der Waals surface area (Å²) in [5.41, 5.74) is -0.687. The lowest BCUT2D eigenvalue weighted by Crippen LogP contribution is -2.51. The van der Waals surface area contributed by atoms with E-state index in [0.717, 1.165) is 12.8 Å². The lowest BCUT2D eigenvalue weighted by atomic mass is 9.77. The average Bonchev–Trinajstić information content (AvgIpc) is 3.05. The van der Waals surface area contributed by atoms with Gasteiger partial charge in [-0.25, -0.2) is 9.18 Å². The third-order valence-corrected chi connectivity index (χ3v) is 4.40. The molecule has 0 aliphatic heterocycles. The van der Waals surface area contributed by atoms with E-state index in [2.05, 4.69) is 11.9 Å². The Morgan fingerprint density at radius 2 is 2.04 bits per heavy atom. The monoisotopic (exact) mass is 335 g/mol. The predicted molar refractivity (Wildman–Crippen MR) is 87.1 cm³/mol. The summed E-state index contributed by atoms with van der Waals surface area (Å²) in [7, 11) is 0. The molecule has 2 rings (SSSR count). The van der Waals surface area contributed by atoms with Crippen molar-refractivity contribution in [2.45, 2.75) is 37.1 Å². The number of carboxylic acid groups (broad SMARTS) is 1. The molecule has 130 valence electrons. The van der Waals surface area contributed by atoms with Crippen LogP contribution in [0.3, 0.4) is 0 Å².